The Morgan fingerprint density at radius 1 is 1.21 bits per heavy atom. The molecule has 0 aromatic heterocycles. The molecule has 0 saturated carbocycles. The molecule has 0 saturated heterocycles. The molecule has 0 radical (unpaired) electrons. The van der Waals surface area contributed by atoms with E-state index in [1.165, 1.54) is 25.7 Å². The van der Waals surface area contributed by atoms with Crippen molar-refractivity contribution >= 4 is 5.91 Å². The van der Waals surface area contributed by atoms with Crippen molar-refractivity contribution in [3.63, 3.8) is 0 Å². The fraction of sp³-hybridized carbons (Fsp3) is 0.750. The summed E-state index contributed by atoms with van der Waals surface area (Å²) in [5, 5.41) is 2.66. The summed E-state index contributed by atoms with van der Waals surface area (Å²) in [7, 11) is 1.68. The van der Waals surface area contributed by atoms with Crippen molar-refractivity contribution in [3.05, 3.63) is 11.6 Å². The Hall–Kier alpha value is -0.790. The van der Waals surface area contributed by atoms with Gasteiger partial charge in [-0.05, 0) is 19.3 Å². The lowest BCUT2D eigenvalue weighted by Crippen LogP contribution is -2.19. The zero-order chi connectivity index (χ0) is 10.8. The Kier molecular flexibility index (Phi) is 8.30. The first-order valence-electron chi connectivity index (χ1n) is 5.67. The molecule has 2 heteroatoms. The maximum absolute atomic E-state index is 11.3. The molecule has 0 rings (SSSR count). The summed E-state index contributed by atoms with van der Waals surface area (Å²) in [5.41, 5.74) is 0.920. The van der Waals surface area contributed by atoms with Crippen LogP contribution in [0.4, 0.5) is 0 Å². The number of carbonyl (C=O) groups excluding carboxylic acids is 1. The van der Waals surface area contributed by atoms with Gasteiger partial charge in [0.15, 0.2) is 0 Å². The average molecular weight is 197 g/mol. The number of carbonyl (C=O) groups is 1. The van der Waals surface area contributed by atoms with Crippen molar-refractivity contribution in [3.8, 4) is 0 Å². The van der Waals surface area contributed by atoms with Crippen LogP contribution in [0.5, 0.6) is 0 Å². The first-order valence-corrected chi connectivity index (χ1v) is 5.67. The first kappa shape index (κ1) is 13.2. The van der Waals surface area contributed by atoms with E-state index in [4.69, 9.17) is 0 Å². The highest BCUT2D eigenvalue weighted by Gasteiger charge is 2.02. The molecule has 1 amide bonds. The lowest BCUT2D eigenvalue weighted by molar-refractivity contribution is -0.117. The number of hydrogen-bond donors (Lipinski definition) is 1. The van der Waals surface area contributed by atoms with Crippen LogP contribution < -0.4 is 5.32 Å². The maximum Gasteiger partial charge on any atom is 0.246 e. The number of likely N-dealkylation sites (N-methyl/N-ethyl adjacent to an activating group) is 1. The molecule has 2 nitrogen and oxygen atoms in total. The standard InChI is InChI=1S/C12H23NO/c1-4-6-7-8-9-10-11(5-2)12(14)13-3/h10H,4-9H2,1-3H3,(H,13,14)/b11-10+. The second kappa shape index (κ2) is 8.79. The number of nitrogens with one attached hydrogen (secondary N) is 1. The maximum atomic E-state index is 11.3. The topological polar surface area (TPSA) is 29.1 Å². The third-order valence-electron chi connectivity index (χ3n) is 2.35. The van der Waals surface area contributed by atoms with Crippen LogP contribution in [0.2, 0.25) is 0 Å². The summed E-state index contributed by atoms with van der Waals surface area (Å²) < 4.78 is 0. The number of allylic oxidation sites excluding steroid dienone is 1. The highest BCUT2D eigenvalue weighted by Crippen LogP contribution is 2.07. The summed E-state index contributed by atoms with van der Waals surface area (Å²) in [6.45, 7) is 4.23. The van der Waals surface area contributed by atoms with Crippen LogP contribution in [0, 0.1) is 0 Å². The smallest absolute Gasteiger partial charge is 0.246 e. The quantitative estimate of drug-likeness (QED) is 0.493. The van der Waals surface area contributed by atoms with E-state index in [1.807, 2.05) is 6.92 Å². The summed E-state index contributed by atoms with van der Waals surface area (Å²) in [4.78, 5) is 11.3. The van der Waals surface area contributed by atoms with Crippen LogP contribution >= 0.6 is 0 Å². The second-order valence-electron chi connectivity index (χ2n) is 3.51. The lowest BCUT2D eigenvalue weighted by Gasteiger charge is -2.02. The van der Waals surface area contributed by atoms with E-state index in [9.17, 15) is 4.79 Å². The van der Waals surface area contributed by atoms with E-state index in [1.54, 1.807) is 7.05 Å². The van der Waals surface area contributed by atoms with Gasteiger partial charge in [0.1, 0.15) is 0 Å². The van der Waals surface area contributed by atoms with Crippen LogP contribution in [0.3, 0.4) is 0 Å². The average Bonchev–Trinajstić information content (AvgIpc) is 2.22. The molecular formula is C12H23NO. The molecule has 0 spiro atoms. The predicted octanol–water partition coefficient (Wildman–Crippen LogP) is 3.04. The highest BCUT2D eigenvalue weighted by molar-refractivity contribution is 5.92. The molecule has 0 aromatic carbocycles. The van der Waals surface area contributed by atoms with E-state index in [0.717, 1.165) is 18.4 Å². The van der Waals surface area contributed by atoms with Gasteiger partial charge >= 0.3 is 0 Å². The number of rotatable bonds is 7. The molecule has 14 heavy (non-hydrogen) atoms. The zero-order valence-corrected chi connectivity index (χ0v) is 9.73. The molecule has 0 aliphatic rings. The fourth-order valence-electron chi connectivity index (χ4n) is 1.41. The van der Waals surface area contributed by atoms with E-state index < -0.39 is 0 Å². The van der Waals surface area contributed by atoms with Crippen molar-refractivity contribution in [2.45, 2.75) is 52.4 Å². The molecule has 0 aliphatic heterocycles. The molecule has 0 aliphatic carbocycles. The number of amides is 1. The van der Waals surface area contributed by atoms with Gasteiger partial charge < -0.3 is 5.32 Å². The van der Waals surface area contributed by atoms with Crippen LogP contribution in [0.25, 0.3) is 0 Å². The summed E-state index contributed by atoms with van der Waals surface area (Å²) >= 11 is 0. The largest absolute Gasteiger partial charge is 0.355 e. The highest BCUT2D eigenvalue weighted by atomic mass is 16.1. The normalized spacial score (nSPS) is 11.5. The van der Waals surface area contributed by atoms with E-state index in [2.05, 4.69) is 18.3 Å². The molecule has 0 atom stereocenters. The molecule has 0 heterocycles. The minimum absolute atomic E-state index is 0.0722. The predicted molar refractivity (Wildman–Crippen MR) is 61.2 cm³/mol. The summed E-state index contributed by atoms with van der Waals surface area (Å²) in [5.74, 6) is 0.0722. The van der Waals surface area contributed by atoms with Gasteiger partial charge in [-0.1, -0.05) is 39.2 Å². The van der Waals surface area contributed by atoms with E-state index >= 15 is 0 Å². The Labute approximate surface area is 87.8 Å². The third kappa shape index (κ3) is 5.79. The Morgan fingerprint density at radius 2 is 1.93 bits per heavy atom. The van der Waals surface area contributed by atoms with Gasteiger partial charge in [0.25, 0.3) is 0 Å². The van der Waals surface area contributed by atoms with Gasteiger partial charge in [0.05, 0.1) is 0 Å². The first-order chi connectivity index (χ1) is 6.76. The van der Waals surface area contributed by atoms with Crippen molar-refractivity contribution < 1.29 is 4.79 Å². The van der Waals surface area contributed by atoms with Crippen LogP contribution in [0.1, 0.15) is 52.4 Å². The second-order valence-corrected chi connectivity index (χ2v) is 3.51. The minimum Gasteiger partial charge on any atom is -0.355 e. The van der Waals surface area contributed by atoms with Gasteiger partial charge in [-0.2, -0.15) is 0 Å². The monoisotopic (exact) mass is 197 g/mol. The summed E-state index contributed by atoms with van der Waals surface area (Å²) in [6, 6.07) is 0. The number of unbranched alkanes of at least 4 members (excludes halogenated alkanes) is 4. The van der Waals surface area contributed by atoms with Crippen molar-refractivity contribution in [1.29, 1.82) is 0 Å². The van der Waals surface area contributed by atoms with E-state index in [-0.39, 0.29) is 5.91 Å². The third-order valence-corrected chi connectivity index (χ3v) is 2.35. The van der Waals surface area contributed by atoms with Crippen LogP contribution in [-0.2, 0) is 4.79 Å². The fourth-order valence-corrected chi connectivity index (χ4v) is 1.41. The zero-order valence-electron chi connectivity index (χ0n) is 9.73. The molecule has 0 fully saturated rings. The Morgan fingerprint density at radius 3 is 2.43 bits per heavy atom. The minimum atomic E-state index is 0.0722. The van der Waals surface area contributed by atoms with E-state index in [0.29, 0.717) is 0 Å². The van der Waals surface area contributed by atoms with Gasteiger partial charge in [-0.15, -0.1) is 0 Å². The number of hydrogen-bond acceptors (Lipinski definition) is 1. The molecule has 82 valence electrons. The SMILES string of the molecule is CCCCCC/C=C(\CC)C(=O)NC. The molecular weight excluding hydrogens is 174 g/mol. The van der Waals surface area contributed by atoms with Crippen molar-refractivity contribution in [2.24, 2.45) is 0 Å². The summed E-state index contributed by atoms with van der Waals surface area (Å²) in [6.07, 6.45) is 8.99. The molecule has 0 bridgehead atoms. The van der Waals surface area contributed by atoms with Gasteiger partial charge in [0, 0.05) is 12.6 Å². The van der Waals surface area contributed by atoms with Crippen LogP contribution in [-0.4, -0.2) is 13.0 Å². The lowest BCUT2D eigenvalue weighted by atomic mass is 10.1. The Bertz CT molecular complexity index is 185. The molecule has 1 N–H and O–H groups in total. The molecule has 0 unspecified atom stereocenters. The molecule has 0 aromatic rings. The van der Waals surface area contributed by atoms with Crippen molar-refractivity contribution in [2.75, 3.05) is 7.05 Å². The van der Waals surface area contributed by atoms with Gasteiger partial charge in [0.2, 0.25) is 5.91 Å². The van der Waals surface area contributed by atoms with Crippen LogP contribution in [0.15, 0.2) is 11.6 Å². The van der Waals surface area contributed by atoms with Gasteiger partial charge in [-0.25, -0.2) is 0 Å². The Balaban J connectivity index is 3.76. The van der Waals surface area contributed by atoms with Crippen molar-refractivity contribution in [1.82, 2.24) is 5.32 Å². The van der Waals surface area contributed by atoms with Gasteiger partial charge in [-0.3, -0.25) is 4.79 Å².